The van der Waals surface area contributed by atoms with Gasteiger partial charge in [0.05, 0.1) is 17.9 Å². The van der Waals surface area contributed by atoms with Gasteiger partial charge in [0.1, 0.15) is 23.1 Å². The standard InChI is InChI=1S/C34H34N4O5/c39-31(36-24-13-15-26(16-14-24)42-25-11-5-2-6-12-25)28-27-17-18-34(43-27)29(28)33(41)38(21-22-8-7-19-35-20-22)30(34)32(40)37-23-9-3-1-4-10-23/h2,5-8,11-20,23,27-30H,1,3-4,9-10,21H2,(H,36,39)(H,37,40)/t27-,28+,29-,30+,34-/m1/s1. The highest BCUT2D eigenvalue weighted by molar-refractivity contribution is 6.02. The number of carbonyl (C=O) groups excluding carboxylic acids is 3. The number of amides is 3. The molecule has 2 N–H and O–H groups in total. The minimum Gasteiger partial charge on any atom is -0.457 e. The van der Waals surface area contributed by atoms with E-state index in [2.05, 4.69) is 15.6 Å². The van der Waals surface area contributed by atoms with E-state index < -0.39 is 29.6 Å². The average Bonchev–Trinajstić information content (AvgIpc) is 3.67. The largest absolute Gasteiger partial charge is 0.457 e. The van der Waals surface area contributed by atoms with Crippen LogP contribution >= 0.6 is 0 Å². The molecule has 2 aromatic carbocycles. The molecular weight excluding hydrogens is 544 g/mol. The SMILES string of the molecule is O=C(Nc1ccc(Oc2ccccc2)cc1)[C@H]1[C@H]2C=C[C@]3(O2)[C@H](C(=O)NC2CCCCC2)N(Cc2cccnc2)C(=O)[C@@H]13. The molecule has 4 aliphatic rings. The first-order valence-corrected chi connectivity index (χ1v) is 15.0. The summed E-state index contributed by atoms with van der Waals surface area (Å²) in [4.78, 5) is 47.7. The van der Waals surface area contributed by atoms with Crippen LogP contribution in [0, 0.1) is 11.8 Å². The van der Waals surface area contributed by atoms with E-state index in [4.69, 9.17) is 9.47 Å². The lowest BCUT2D eigenvalue weighted by atomic mass is 9.74. The van der Waals surface area contributed by atoms with Crippen LogP contribution in [0.2, 0.25) is 0 Å². The first kappa shape index (κ1) is 27.3. The highest BCUT2D eigenvalue weighted by Gasteiger charge is 2.72. The van der Waals surface area contributed by atoms with Gasteiger partial charge in [-0.1, -0.05) is 55.7 Å². The minimum atomic E-state index is -1.21. The number of benzene rings is 2. The number of nitrogens with one attached hydrogen (secondary N) is 2. The second-order valence-corrected chi connectivity index (χ2v) is 11.8. The molecule has 1 aliphatic carbocycles. The van der Waals surface area contributed by atoms with E-state index in [-0.39, 0.29) is 30.3 Å². The van der Waals surface area contributed by atoms with E-state index >= 15 is 0 Å². The van der Waals surface area contributed by atoms with Gasteiger partial charge >= 0.3 is 0 Å². The normalized spacial score (nSPS) is 27.6. The highest BCUT2D eigenvalue weighted by atomic mass is 16.5. The van der Waals surface area contributed by atoms with Crippen molar-refractivity contribution in [3.8, 4) is 11.5 Å². The Bertz CT molecular complexity index is 1520. The number of pyridine rings is 1. The van der Waals surface area contributed by atoms with Gasteiger partial charge in [-0.05, 0) is 60.9 Å². The van der Waals surface area contributed by atoms with Crippen LogP contribution in [0.3, 0.4) is 0 Å². The Morgan fingerprint density at radius 1 is 0.953 bits per heavy atom. The molecule has 3 fully saturated rings. The fraction of sp³-hybridized carbons (Fsp3) is 0.353. The van der Waals surface area contributed by atoms with Crippen LogP contribution in [0.5, 0.6) is 11.5 Å². The molecule has 0 radical (unpaired) electrons. The first-order chi connectivity index (χ1) is 21.0. The molecule has 220 valence electrons. The third-order valence-electron chi connectivity index (χ3n) is 9.05. The zero-order valence-corrected chi connectivity index (χ0v) is 23.7. The quantitative estimate of drug-likeness (QED) is 0.378. The average molecular weight is 579 g/mol. The van der Waals surface area contributed by atoms with E-state index in [1.165, 1.54) is 6.42 Å². The molecule has 2 saturated heterocycles. The van der Waals surface area contributed by atoms with Crippen molar-refractivity contribution in [3.63, 3.8) is 0 Å². The minimum absolute atomic E-state index is 0.0718. The van der Waals surface area contributed by atoms with E-state index in [0.29, 0.717) is 17.2 Å². The number of aromatic nitrogens is 1. The number of para-hydroxylation sites is 1. The van der Waals surface area contributed by atoms with Gasteiger partial charge in [-0.25, -0.2) is 0 Å². The Hall–Kier alpha value is -4.50. The number of anilines is 1. The van der Waals surface area contributed by atoms with Crippen molar-refractivity contribution in [2.75, 3.05) is 5.32 Å². The van der Waals surface area contributed by atoms with Gasteiger partial charge in [-0.2, -0.15) is 0 Å². The predicted molar refractivity (Wildman–Crippen MR) is 159 cm³/mol. The summed E-state index contributed by atoms with van der Waals surface area (Å²) in [6, 6.07) is 19.4. The number of nitrogens with zero attached hydrogens (tertiary/aromatic N) is 2. The van der Waals surface area contributed by atoms with Gasteiger partial charge in [-0.15, -0.1) is 0 Å². The zero-order chi connectivity index (χ0) is 29.4. The fourth-order valence-corrected chi connectivity index (χ4v) is 7.11. The maximum Gasteiger partial charge on any atom is 0.246 e. The zero-order valence-electron chi connectivity index (χ0n) is 23.7. The smallest absolute Gasteiger partial charge is 0.246 e. The van der Waals surface area contributed by atoms with E-state index in [9.17, 15) is 14.4 Å². The Morgan fingerprint density at radius 2 is 1.72 bits per heavy atom. The third-order valence-corrected chi connectivity index (χ3v) is 9.05. The number of carbonyl (C=O) groups is 3. The molecule has 5 atom stereocenters. The summed E-state index contributed by atoms with van der Waals surface area (Å²) >= 11 is 0. The van der Waals surface area contributed by atoms with Crippen molar-refractivity contribution in [2.45, 2.75) is 62.4 Å². The number of fused-ring (bicyclic) bond motifs is 1. The molecule has 1 saturated carbocycles. The Morgan fingerprint density at radius 3 is 2.47 bits per heavy atom. The Kier molecular flexibility index (Phi) is 7.18. The second-order valence-electron chi connectivity index (χ2n) is 11.8. The summed E-state index contributed by atoms with van der Waals surface area (Å²) in [5.74, 6) is -1.05. The fourth-order valence-electron chi connectivity index (χ4n) is 7.11. The van der Waals surface area contributed by atoms with Crippen molar-refractivity contribution >= 4 is 23.4 Å². The van der Waals surface area contributed by atoms with Gasteiger partial charge in [0.25, 0.3) is 0 Å². The molecule has 1 spiro atoms. The summed E-state index contributed by atoms with van der Waals surface area (Å²) in [6.07, 6.45) is 11.6. The summed E-state index contributed by atoms with van der Waals surface area (Å²) in [6.45, 7) is 0.201. The molecule has 1 aromatic heterocycles. The lowest BCUT2D eigenvalue weighted by molar-refractivity contribution is -0.142. The molecule has 3 amide bonds. The van der Waals surface area contributed by atoms with Crippen molar-refractivity contribution < 1.29 is 23.9 Å². The van der Waals surface area contributed by atoms with Gasteiger partial charge in [0.15, 0.2) is 0 Å². The number of hydrogen-bond donors (Lipinski definition) is 2. The van der Waals surface area contributed by atoms with Crippen LogP contribution in [0.15, 0.2) is 91.3 Å². The molecule has 0 unspecified atom stereocenters. The van der Waals surface area contributed by atoms with Gasteiger partial charge in [0.2, 0.25) is 17.7 Å². The molecule has 43 heavy (non-hydrogen) atoms. The predicted octanol–water partition coefficient (Wildman–Crippen LogP) is 4.61. The first-order valence-electron chi connectivity index (χ1n) is 15.0. The third kappa shape index (κ3) is 5.07. The molecule has 9 heteroatoms. The van der Waals surface area contributed by atoms with Crippen LogP contribution < -0.4 is 15.4 Å². The molecule has 4 heterocycles. The molecule has 7 rings (SSSR count). The van der Waals surface area contributed by atoms with Crippen LogP contribution in [-0.2, 0) is 25.7 Å². The second kappa shape index (κ2) is 11.3. The number of ether oxygens (including phenoxy) is 2. The molecular formula is C34H34N4O5. The lowest BCUT2D eigenvalue weighted by Gasteiger charge is -2.34. The summed E-state index contributed by atoms with van der Waals surface area (Å²) in [5, 5.41) is 6.19. The molecule has 2 bridgehead atoms. The van der Waals surface area contributed by atoms with Crippen molar-refractivity contribution in [1.29, 1.82) is 0 Å². The highest BCUT2D eigenvalue weighted by Crippen LogP contribution is 2.55. The molecule has 3 aromatic rings. The maximum atomic E-state index is 14.2. The topological polar surface area (TPSA) is 110 Å². The maximum absolute atomic E-state index is 14.2. The summed E-state index contributed by atoms with van der Waals surface area (Å²) in [7, 11) is 0. The van der Waals surface area contributed by atoms with Crippen molar-refractivity contribution in [2.24, 2.45) is 11.8 Å². The van der Waals surface area contributed by atoms with Crippen LogP contribution in [-0.4, -0.2) is 51.4 Å². The summed E-state index contributed by atoms with van der Waals surface area (Å²) < 4.78 is 12.3. The van der Waals surface area contributed by atoms with Gasteiger partial charge < -0.3 is 25.0 Å². The number of rotatable bonds is 8. The monoisotopic (exact) mass is 578 g/mol. The van der Waals surface area contributed by atoms with Crippen LogP contribution in [0.4, 0.5) is 5.69 Å². The number of hydrogen-bond acceptors (Lipinski definition) is 6. The van der Waals surface area contributed by atoms with Crippen LogP contribution in [0.25, 0.3) is 0 Å². The molecule has 3 aliphatic heterocycles. The lowest BCUT2D eigenvalue weighted by Crippen LogP contribution is -2.56. The summed E-state index contributed by atoms with van der Waals surface area (Å²) in [5.41, 5.74) is 0.174. The Labute approximate surface area is 250 Å². The van der Waals surface area contributed by atoms with Crippen LogP contribution in [0.1, 0.15) is 37.7 Å². The van der Waals surface area contributed by atoms with E-state index in [1.54, 1.807) is 47.6 Å². The van der Waals surface area contributed by atoms with Crippen molar-refractivity contribution in [1.82, 2.24) is 15.2 Å². The number of likely N-dealkylation sites (tertiary alicyclic amines) is 1. The van der Waals surface area contributed by atoms with Crippen molar-refractivity contribution in [3.05, 3.63) is 96.8 Å². The van der Waals surface area contributed by atoms with E-state index in [1.807, 2.05) is 48.6 Å². The Balaban J connectivity index is 1.13. The van der Waals surface area contributed by atoms with E-state index in [0.717, 1.165) is 31.2 Å². The molecule has 9 nitrogen and oxygen atoms in total. The van der Waals surface area contributed by atoms with Gasteiger partial charge in [0, 0.05) is 30.7 Å². The van der Waals surface area contributed by atoms with Gasteiger partial charge in [-0.3, -0.25) is 19.4 Å².